The van der Waals surface area contributed by atoms with E-state index >= 15 is 0 Å². The van der Waals surface area contributed by atoms with Gasteiger partial charge in [-0.15, -0.1) is 11.8 Å². The van der Waals surface area contributed by atoms with Gasteiger partial charge in [0.25, 0.3) is 0 Å². The molecule has 0 aliphatic carbocycles. The Labute approximate surface area is 162 Å². The van der Waals surface area contributed by atoms with E-state index < -0.39 is 0 Å². The maximum atomic E-state index is 5.42. The molecule has 3 rings (SSSR count). The first kappa shape index (κ1) is 18.5. The van der Waals surface area contributed by atoms with Crippen molar-refractivity contribution in [2.45, 2.75) is 18.4 Å². The standard InChI is InChI=1S/C19H21N3O2S2/c1-13-4-6-14(7-5-13)11-26-12-18-20-21-19(25)22(18)15-8-9-16(23-2)17(10-15)24-3/h4-10H,11-12H2,1-3H3,(H,21,25). The third-order valence-corrected chi connectivity index (χ3v) is 5.26. The van der Waals surface area contributed by atoms with Crippen molar-refractivity contribution in [1.82, 2.24) is 14.8 Å². The molecule has 1 aromatic heterocycles. The van der Waals surface area contributed by atoms with Gasteiger partial charge in [-0.05, 0) is 36.8 Å². The first-order valence-corrected chi connectivity index (χ1v) is 9.70. The van der Waals surface area contributed by atoms with Crippen LogP contribution in [0.4, 0.5) is 0 Å². The summed E-state index contributed by atoms with van der Waals surface area (Å²) in [7, 11) is 3.24. The van der Waals surface area contributed by atoms with Crippen molar-refractivity contribution in [3.63, 3.8) is 0 Å². The molecule has 5 nitrogen and oxygen atoms in total. The number of H-pyrrole nitrogens is 1. The molecule has 0 fully saturated rings. The number of aryl methyl sites for hydroxylation is 1. The Bertz CT molecular complexity index is 933. The summed E-state index contributed by atoms with van der Waals surface area (Å²) in [6.07, 6.45) is 0. The summed E-state index contributed by atoms with van der Waals surface area (Å²) >= 11 is 7.22. The molecule has 0 amide bonds. The lowest BCUT2D eigenvalue weighted by molar-refractivity contribution is 0.355. The summed E-state index contributed by atoms with van der Waals surface area (Å²) < 4.78 is 13.2. The van der Waals surface area contributed by atoms with Crippen molar-refractivity contribution in [3.8, 4) is 17.2 Å². The van der Waals surface area contributed by atoms with Gasteiger partial charge in [0.1, 0.15) is 5.82 Å². The number of hydrogen-bond acceptors (Lipinski definition) is 5. The second kappa shape index (κ2) is 8.42. The molecule has 0 radical (unpaired) electrons. The molecular weight excluding hydrogens is 366 g/mol. The predicted octanol–water partition coefficient (Wildman–Crippen LogP) is 4.69. The van der Waals surface area contributed by atoms with E-state index in [1.807, 2.05) is 22.8 Å². The van der Waals surface area contributed by atoms with E-state index in [0.717, 1.165) is 23.0 Å². The number of nitrogens with one attached hydrogen (secondary N) is 1. The molecule has 1 heterocycles. The Morgan fingerprint density at radius 3 is 2.46 bits per heavy atom. The number of aromatic nitrogens is 3. The van der Waals surface area contributed by atoms with Crippen molar-refractivity contribution in [2.75, 3.05) is 14.2 Å². The van der Waals surface area contributed by atoms with Crippen LogP contribution in [0, 0.1) is 11.7 Å². The molecule has 26 heavy (non-hydrogen) atoms. The number of aromatic amines is 1. The van der Waals surface area contributed by atoms with Gasteiger partial charge in [-0.2, -0.15) is 5.10 Å². The summed E-state index contributed by atoms with van der Waals surface area (Å²) in [6, 6.07) is 14.3. The first-order chi connectivity index (χ1) is 12.6. The molecule has 0 aliphatic rings. The highest BCUT2D eigenvalue weighted by molar-refractivity contribution is 7.97. The van der Waals surface area contributed by atoms with E-state index in [9.17, 15) is 0 Å². The normalized spacial score (nSPS) is 10.7. The molecule has 0 aliphatic heterocycles. The molecule has 1 N–H and O–H groups in total. The van der Waals surface area contributed by atoms with E-state index in [1.165, 1.54) is 11.1 Å². The largest absolute Gasteiger partial charge is 0.493 e. The van der Waals surface area contributed by atoms with E-state index in [-0.39, 0.29) is 0 Å². The topological polar surface area (TPSA) is 52.1 Å². The van der Waals surface area contributed by atoms with Crippen LogP contribution in [-0.2, 0) is 11.5 Å². The van der Waals surface area contributed by atoms with Gasteiger partial charge < -0.3 is 9.47 Å². The summed E-state index contributed by atoms with van der Waals surface area (Å²) in [4.78, 5) is 0. The number of thioether (sulfide) groups is 1. The Morgan fingerprint density at radius 1 is 1.04 bits per heavy atom. The van der Waals surface area contributed by atoms with E-state index in [2.05, 4.69) is 41.4 Å². The third kappa shape index (κ3) is 4.11. The number of nitrogens with zero attached hydrogens (tertiary/aromatic N) is 2. The Balaban J connectivity index is 1.78. The fourth-order valence-corrected chi connectivity index (χ4v) is 3.76. The maximum absolute atomic E-state index is 5.42. The Morgan fingerprint density at radius 2 is 1.77 bits per heavy atom. The molecule has 7 heteroatoms. The SMILES string of the molecule is COc1ccc(-n2c(CSCc3ccc(C)cc3)n[nH]c2=S)cc1OC. The first-order valence-electron chi connectivity index (χ1n) is 8.14. The van der Waals surface area contributed by atoms with Crippen LogP contribution in [-0.4, -0.2) is 29.0 Å². The molecule has 0 atom stereocenters. The fraction of sp³-hybridized carbons (Fsp3) is 0.263. The fourth-order valence-electron chi connectivity index (χ4n) is 2.60. The monoisotopic (exact) mass is 387 g/mol. The van der Waals surface area contributed by atoms with Crippen molar-refractivity contribution < 1.29 is 9.47 Å². The van der Waals surface area contributed by atoms with Gasteiger partial charge in [0, 0.05) is 11.8 Å². The lowest BCUT2D eigenvalue weighted by atomic mass is 10.2. The number of rotatable bonds is 7. The average molecular weight is 388 g/mol. The van der Waals surface area contributed by atoms with Crippen molar-refractivity contribution in [3.05, 3.63) is 64.2 Å². The molecule has 0 spiro atoms. The number of methoxy groups -OCH3 is 2. The van der Waals surface area contributed by atoms with Crippen LogP contribution in [0.2, 0.25) is 0 Å². The van der Waals surface area contributed by atoms with Gasteiger partial charge in [-0.3, -0.25) is 9.67 Å². The van der Waals surface area contributed by atoms with E-state index in [0.29, 0.717) is 16.3 Å². The van der Waals surface area contributed by atoms with Crippen LogP contribution in [0.3, 0.4) is 0 Å². The average Bonchev–Trinajstić information content (AvgIpc) is 3.03. The van der Waals surface area contributed by atoms with Gasteiger partial charge in [0.05, 0.1) is 25.7 Å². The highest BCUT2D eigenvalue weighted by Crippen LogP contribution is 2.30. The second-order valence-electron chi connectivity index (χ2n) is 5.80. The number of hydrogen-bond donors (Lipinski definition) is 1. The predicted molar refractivity (Wildman–Crippen MR) is 108 cm³/mol. The van der Waals surface area contributed by atoms with Gasteiger partial charge in [0.15, 0.2) is 16.3 Å². The van der Waals surface area contributed by atoms with Gasteiger partial charge in [-0.25, -0.2) is 0 Å². The molecule has 0 unspecified atom stereocenters. The minimum Gasteiger partial charge on any atom is -0.493 e. The van der Waals surface area contributed by atoms with Gasteiger partial charge in [-0.1, -0.05) is 29.8 Å². The Hall–Kier alpha value is -2.25. The molecule has 3 aromatic rings. The van der Waals surface area contributed by atoms with Crippen LogP contribution in [0.15, 0.2) is 42.5 Å². The van der Waals surface area contributed by atoms with Crippen LogP contribution in [0.25, 0.3) is 5.69 Å². The minimum atomic E-state index is 0.558. The van der Waals surface area contributed by atoms with Crippen molar-refractivity contribution >= 4 is 24.0 Å². The summed E-state index contributed by atoms with van der Waals surface area (Å²) in [5.74, 6) is 3.88. The van der Waals surface area contributed by atoms with E-state index in [1.54, 1.807) is 26.0 Å². The highest BCUT2D eigenvalue weighted by Gasteiger charge is 2.12. The third-order valence-electron chi connectivity index (χ3n) is 3.99. The van der Waals surface area contributed by atoms with Crippen LogP contribution >= 0.6 is 24.0 Å². The lowest BCUT2D eigenvalue weighted by Gasteiger charge is -2.11. The second-order valence-corrected chi connectivity index (χ2v) is 7.17. The summed E-state index contributed by atoms with van der Waals surface area (Å²) in [5, 5.41) is 7.28. The van der Waals surface area contributed by atoms with Crippen LogP contribution < -0.4 is 9.47 Å². The quantitative estimate of drug-likeness (QED) is 0.596. The number of benzene rings is 2. The maximum Gasteiger partial charge on any atom is 0.199 e. The zero-order chi connectivity index (χ0) is 18.5. The molecule has 0 saturated heterocycles. The smallest absolute Gasteiger partial charge is 0.199 e. The van der Waals surface area contributed by atoms with Gasteiger partial charge >= 0.3 is 0 Å². The summed E-state index contributed by atoms with van der Waals surface area (Å²) in [5.41, 5.74) is 3.47. The van der Waals surface area contributed by atoms with Crippen molar-refractivity contribution in [1.29, 1.82) is 0 Å². The van der Waals surface area contributed by atoms with Crippen LogP contribution in [0.1, 0.15) is 17.0 Å². The number of ether oxygens (including phenoxy) is 2. The molecule has 136 valence electrons. The highest BCUT2D eigenvalue weighted by atomic mass is 32.2. The molecule has 0 bridgehead atoms. The molecule has 0 saturated carbocycles. The Kier molecular flexibility index (Phi) is 6.00. The van der Waals surface area contributed by atoms with Gasteiger partial charge in [0.2, 0.25) is 0 Å². The lowest BCUT2D eigenvalue weighted by Crippen LogP contribution is -2.02. The zero-order valence-electron chi connectivity index (χ0n) is 15.0. The zero-order valence-corrected chi connectivity index (χ0v) is 16.6. The molecular formula is C19H21N3O2S2. The molecule has 2 aromatic carbocycles. The summed E-state index contributed by atoms with van der Waals surface area (Å²) in [6.45, 7) is 2.10. The van der Waals surface area contributed by atoms with Crippen molar-refractivity contribution in [2.24, 2.45) is 0 Å². The van der Waals surface area contributed by atoms with Crippen LogP contribution in [0.5, 0.6) is 11.5 Å². The minimum absolute atomic E-state index is 0.558. The van der Waals surface area contributed by atoms with E-state index in [4.69, 9.17) is 21.7 Å².